The standard InChI is InChI=1S/C15H21F2NO3S/c1-15(2,3)14(11-6-5-10(16)9-12(11)17)18-13(19)7-8-22(4,20)21/h5-6,9,14H,7-8H2,1-4H3,(H,18,19)/t14-/m0/s1. The topological polar surface area (TPSA) is 63.2 Å². The summed E-state index contributed by atoms with van der Waals surface area (Å²) in [5.41, 5.74) is -0.360. The fourth-order valence-electron chi connectivity index (χ4n) is 2.01. The minimum atomic E-state index is -3.25. The molecule has 0 bridgehead atoms. The number of halogens is 2. The number of sulfone groups is 1. The Morgan fingerprint density at radius 3 is 2.32 bits per heavy atom. The summed E-state index contributed by atoms with van der Waals surface area (Å²) in [5.74, 6) is -2.21. The summed E-state index contributed by atoms with van der Waals surface area (Å²) in [7, 11) is -3.25. The highest BCUT2D eigenvalue weighted by Gasteiger charge is 2.30. The van der Waals surface area contributed by atoms with Gasteiger partial charge in [0.15, 0.2) is 0 Å². The molecule has 0 aliphatic rings. The normalized spacial score (nSPS) is 13.7. The van der Waals surface area contributed by atoms with E-state index in [1.54, 1.807) is 20.8 Å². The Morgan fingerprint density at radius 2 is 1.86 bits per heavy atom. The van der Waals surface area contributed by atoms with Crippen molar-refractivity contribution in [2.45, 2.75) is 33.2 Å². The number of hydrogen-bond donors (Lipinski definition) is 1. The van der Waals surface area contributed by atoms with E-state index in [0.717, 1.165) is 18.4 Å². The number of nitrogens with one attached hydrogen (secondary N) is 1. The summed E-state index contributed by atoms with van der Waals surface area (Å²) in [4.78, 5) is 11.9. The molecule has 1 rings (SSSR count). The van der Waals surface area contributed by atoms with Gasteiger partial charge in [0.2, 0.25) is 5.91 Å². The van der Waals surface area contributed by atoms with Gasteiger partial charge in [0.25, 0.3) is 0 Å². The van der Waals surface area contributed by atoms with Gasteiger partial charge in [0.1, 0.15) is 21.5 Å². The second-order valence-corrected chi connectivity index (χ2v) is 8.67. The third-order valence-electron chi connectivity index (χ3n) is 3.14. The van der Waals surface area contributed by atoms with Gasteiger partial charge in [-0.1, -0.05) is 26.8 Å². The van der Waals surface area contributed by atoms with Crippen LogP contribution in [0.25, 0.3) is 0 Å². The molecule has 124 valence electrons. The molecule has 1 N–H and O–H groups in total. The summed E-state index contributed by atoms with van der Waals surface area (Å²) < 4.78 is 49.2. The van der Waals surface area contributed by atoms with Gasteiger partial charge in [-0.15, -0.1) is 0 Å². The molecule has 0 saturated carbocycles. The van der Waals surface area contributed by atoms with Crippen molar-refractivity contribution in [3.63, 3.8) is 0 Å². The van der Waals surface area contributed by atoms with Crippen molar-refractivity contribution in [2.24, 2.45) is 5.41 Å². The fourth-order valence-corrected chi connectivity index (χ4v) is 2.56. The predicted molar refractivity (Wildman–Crippen MR) is 81.0 cm³/mol. The maximum Gasteiger partial charge on any atom is 0.221 e. The van der Waals surface area contributed by atoms with E-state index in [9.17, 15) is 22.0 Å². The largest absolute Gasteiger partial charge is 0.349 e. The Morgan fingerprint density at radius 1 is 1.27 bits per heavy atom. The van der Waals surface area contributed by atoms with E-state index in [2.05, 4.69) is 5.32 Å². The Hall–Kier alpha value is -1.50. The zero-order valence-electron chi connectivity index (χ0n) is 13.1. The second-order valence-electron chi connectivity index (χ2n) is 6.41. The molecule has 1 amide bonds. The summed E-state index contributed by atoms with van der Waals surface area (Å²) in [5, 5.41) is 2.64. The van der Waals surface area contributed by atoms with Crippen LogP contribution in [0.4, 0.5) is 8.78 Å². The van der Waals surface area contributed by atoms with E-state index < -0.39 is 38.8 Å². The van der Waals surface area contributed by atoms with Crippen LogP contribution in [0.3, 0.4) is 0 Å². The van der Waals surface area contributed by atoms with Crippen LogP contribution in [0, 0.1) is 17.0 Å². The van der Waals surface area contributed by atoms with Crippen LogP contribution in [-0.4, -0.2) is 26.3 Å². The molecule has 1 aromatic carbocycles. The number of carbonyl (C=O) groups excluding carboxylic acids is 1. The molecular formula is C15H21F2NO3S. The van der Waals surface area contributed by atoms with Gasteiger partial charge in [-0.05, 0) is 11.5 Å². The minimum absolute atomic E-state index is 0.168. The molecular weight excluding hydrogens is 312 g/mol. The number of hydrogen-bond acceptors (Lipinski definition) is 3. The maximum absolute atomic E-state index is 14.0. The van der Waals surface area contributed by atoms with Gasteiger partial charge >= 0.3 is 0 Å². The summed E-state index contributed by atoms with van der Waals surface area (Å²) >= 11 is 0. The third kappa shape index (κ3) is 5.71. The molecule has 0 unspecified atom stereocenters. The van der Waals surface area contributed by atoms with E-state index >= 15 is 0 Å². The minimum Gasteiger partial charge on any atom is -0.349 e. The van der Waals surface area contributed by atoms with Crippen molar-refractivity contribution >= 4 is 15.7 Å². The number of rotatable bonds is 5. The molecule has 1 atom stereocenters. The quantitative estimate of drug-likeness (QED) is 0.901. The molecule has 0 heterocycles. The second kappa shape index (κ2) is 6.73. The lowest BCUT2D eigenvalue weighted by atomic mass is 9.82. The Kier molecular flexibility index (Phi) is 5.67. The first-order chi connectivity index (χ1) is 9.90. The van der Waals surface area contributed by atoms with Gasteiger partial charge in [-0.3, -0.25) is 4.79 Å². The van der Waals surface area contributed by atoms with E-state index in [1.165, 1.54) is 6.07 Å². The Labute approximate surface area is 129 Å². The van der Waals surface area contributed by atoms with Crippen molar-refractivity contribution < 1.29 is 22.0 Å². The summed E-state index contributed by atoms with van der Waals surface area (Å²) in [6.07, 6.45) is 0.843. The van der Waals surface area contributed by atoms with Gasteiger partial charge in [-0.2, -0.15) is 0 Å². The number of carbonyl (C=O) groups is 1. The zero-order chi connectivity index (χ0) is 17.1. The van der Waals surface area contributed by atoms with Crippen LogP contribution in [-0.2, 0) is 14.6 Å². The highest BCUT2D eigenvalue weighted by Crippen LogP contribution is 2.34. The van der Waals surface area contributed by atoms with Crippen molar-refractivity contribution in [1.82, 2.24) is 5.32 Å². The van der Waals surface area contributed by atoms with Crippen molar-refractivity contribution in [2.75, 3.05) is 12.0 Å². The summed E-state index contributed by atoms with van der Waals surface area (Å²) in [6, 6.07) is 2.48. The van der Waals surface area contributed by atoms with E-state index in [0.29, 0.717) is 0 Å². The first-order valence-electron chi connectivity index (χ1n) is 6.82. The van der Waals surface area contributed by atoms with Crippen LogP contribution >= 0.6 is 0 Å². The van der Waals surface area contributed by atoms with Crippen molar-refractivity contribution in [3.8, 4) is 0 Å². The molecule has 22 heavy (non-hydrogen) atoms. The third-order valence-corrected chi connectivity index (χ3v) is 4.09. The van der Waals surface area contributed by atoms with Crippen molar-refractivity contribution in [1.29, 1.82) is 0 Å². The van der Waals surface area contributed by atoms with E-state index in [1.807, 2.05) is 0 Å². The monoisotopic (exact) mass is 333 g/mol. The van der Waals surface area contributed by atoms with Crippen LogP contribution in [0.1, 0.15) is 38.8 Å². The first-order valence-corrected chi connectivity index (χ1v) is 8.88. The molecule has 7 heteroatoms. The highest BCUT2D eigenvalue weighted by atomic mass is 32.2. The molecule has 0 aliphatic heterocycles. The lowest BCUT2D eigenvalue weighted by Gasteiger charge is -2.32. The van der Waals surface area contributed by atoms with Crippen LogP contribution < -0.4 is 5.32 Å². The average molecular weight is 333 g/mol. The first kappa shape index (κ1) is 18.5. The van der Waals surface area contributed by atoms with Crippen LogP contribution in [0.15, 0.2) is 18.2 Å². The van der Waals surface area contributed by atoms with Crippen molar-refractivity contribution in [3.05, 3.63) is 35.4 Å². The molecule has 0 aromatic heterocycles. The Bertz CT molecular complexity index is 651. The van der Waals surface area contributed by atoms with E-state index in [-0.39, 0.29) is 17.7 Å². The lowest BCUT2D eigenvalue weighted by molar-refractivity contribution is -0.122. The molecule has 0 saturated heterocycles. The van der Waals surface area contributed by atoms with Crippen LogP contribution in [0.2, 0.25) is 0 Å². The molecule has 0 fully saturated rings. The average Bonchev–Trinajstić information content (AvgIpc) is 2.32. The smallest absolute Gasteiger partial charge is 0.221 e. The highest BCUT2D eigenvalue weighted by molar-refractivity contribution is 7.90. The molecule has 0 aliphatic carbocycles. The molecule has 4 nitrogen and oxygen atoms in total. The van der Waals surface area contributed by atoms with Gasteiger partial charge in [0.05, 0.1) is 11.8 Å². The summed E-state index contributed by atoms with van der Waals surface area (Å²) in [6.45, 7) is 5.41. The molecule has 0 radical (unpaired) electrons. The van der Waals surface area contributed by atoms with Crippen LogP contribution in [0.5, 0.6) is 0 Å². The lowest BCUT2D eigenvalue weighted by Crippen LogP contribution is -2.37. The predicted octanol–water partition coefficient (Wildman–Crippen LogP) is 2.60. The van der Waals surface area contributed by atoms with Gasteiger partial charge < -0.3 is 5.32 Å². The molecule has 0 spiro atoms. The number of amides is 1. The SMILES string of the molecule is CC(C)(C)[C@@H](NC(=O)CCS(C)(=O)=O)c1ccc(F)cc1F. The zero-order valence-corrected chi connectivity index (χ0v) is 13.9. The maximum atomic E-state index is 14.0. The Balaban J connectivity index is 2.98. The molecule has 1 aromatic rings. The number of benzene rings is 1. The van der Waals surface area contributed by atoms with E-state index in [4.69, 9.17) is 0 Å². The fraction of sp³-hybridized carbons (Fsp3) is 0.533. The van der Waals surface area contributed by atoms with Gasteiger partial charge in [-0.25, -0.2) is 17.2 Å². The van der Waals surface area contributed by atoms with Gasteiger partial charge in [0, 0.05) is 24.3 Å².